The van der Waals surface area contributed by atoms with Crippen LogP contribution in [0.25, 0.3) is 0 Å². The number of methoxy groups -OCH3 is 2. The summed E-state index contributed by atoms with van der Waals surface area (Å²) in [6, 6.07) is 7.27. The molecule has 0 unspecified atom stereocenters. The summed E-state index contributed by atoms with van der Waals surface area (Å²) >= 11 is 6.33. The standard InChI is InChI=1S/C25H21ClN2O8S/c1-35-24(31)14-8-15(25(32)36-2)10-16(9-14)27-37(33,34)17-5-6-18(26)19(11-17)28-22(29)20-12-3-4-13(7-12)21(20)23(28)30/h3-6,8-13,20-21,27H,7H2,1-2H3/t12-,13-,20-,21+/m0/s1. The molecule has 2 aliphatic carbocycles. The molecule has 2 bridgehead atoms. The lowest BCUT2D eigenvalue weighted by Crippen LogP contribution is -2.33. The Hall–Kier alpha value is -3.70. The largest absolute Gasteiger partial charge is 0.465 e. The zero-order valence-corrected chi connectivity index (χ0v) is 21.2. The highest BCUT2D eigenvalue weighted by atomic mass is 35.5. The lowest BCUT2D eigenvalue weighted by Gasteiger charge is -2.20. The number of carbonyl (C=O) groups excluding carboxylic acids is 4. The van der Waals surface area contributed by atoms with Gasteiger partial charge >= 0.3 is 11.9 Å². The lowest BCUT2D eigenvalue weighted by molar-refractivity contribution is -0.123. The number of carbonyl (C=O) groups is 4. The van der Waals surface area contributed by atoms with Crippen molar-refractivity contribution in [1.82, 2.24) is 0 Å². The third-order valence-corrected chi connectivity index (χ3v) is 8.67. The number of ether oxygens (including phenoxy) is 2. The van der Waals surface area contributed by atoms with Gasteiger partial charge < -0.3 is 9.47 Å². The SMILES string of the molecule is COC(=O)c1cc(NS(=O)(=O)c2ccc(Cl)c(N3C(=O)[C@@H]4[C@H](C3=O)[C@H]3C=C[C@H]4C3)c2)cc(C(=O)OC)c1. The molecule has 4 atom stereocenters. The van der Waals surface area contributed by atoms with Gasteiger partial charge in [-0.2, -0.15) is 0 Å². The third-order valence-electron chi connectivity index (χ3n) is 6.97. The Morgan fingerprint density at radius 3 is 1.97 bits per heavy atom. The van der Waals surface area contributed by atoms with Gasteiger partial charge in [0.15, 0.2) is 0 Å². The second-order valence-corrected chi connectivity index (χ2v) is 11.1. The Labute approximate surface area is 217 Å². The van der Waals surface area contributed by atoms with Crippen LogP contribution in [-0.4, -0.2) is 46.4 Å². The zero-order valence-electron chi connectivity index (χ0n) is 19.6. The molecule has 10 nitrogen and oxygen atoms in total. The molecule has 0 spiro atoms. The number of nitrogens with one attached hydrogen (secondary N) is 1. The predicted octanol–water partition coefficient (Wildman–Crippen LogP) is 3.03. The fraction of sp³-hybridized carbons (Fsp3) is 0.280. The van der Waals surface area contributed by atoms with Crippen molar-refractivity contribution < 1.29 is 37.1 Å². The first-order chi connectivity index (χ1) is 17.6. The molecule has 2 amide bonds. The molecule has 2 fully saturated rings. The number of esters is 2. The van der Waals surface area contributed by atoms with Crippen LogP contribution in [0.15, 0.2) is 53.4 Å². The number of amides is 2. The number of halogens is 1. The minimum atomic E-state index is -4.32. The van der Waals surface area contributed by atoms with Crippen molar-refractivity contribution in [3.63, 3.8) is 0 Å². The van der Waals surface area contributed by atoms with E-state index in [2.05, 4.69) is 14.2 Å². The van der Waals surface area contributed by atoms with Gasteiger partial charge in [-0.05, 0) is 54.7 Å². The average molecular weight is 545 g/mol. The number of rotatable bonds is 6. The van der Waals surface area contributed by atoms with Gasteiger partial charge in [-0.15, -0.1) is 0 Å². The predicted molar refractivity (Wildman–Crippen MR) is 132 cm³/mol. The van der Waals surface area contributed by atoms with Crippen LogP contribution in [0.4, 0.5) is 11.4 Å². The molecule has 0 aromatic heterocycles. The minimum absolute atomic E-state index is 0.0186. The first-order valence-electron chi connectivity index (χ1n) is 11.3. The Bertz CT molecular complexity index is 1440. The van der Waals surface area contributed by atoms with Crippen molar-refractivity contribution in [2.45, 2.75) is 11.3 Å². The number of benzene rings is 2. The molecule has 192 valence electrons. The fourth-order valence-electron chi connectivity index (χ4n) is 5.34. The summed E-state index contributed by atoms with van der Waals surface area (Å²) in [7, 11) is -2.03. The van der Waals surface area contributed by atoms with E-state index in [0.717, 1.165) is 31.6 Å². The summed E-state index contributed by atoms with van der Waals surface area (Å²) in [5.74, 6) is -3.37. The van der Waals surface area contributed by atoms with Gasteiger partial charge in [-0.25, -0.2) is 22.9 Å². The van der Waals surface area contributed by atoms with Crippen molar-refractivity contribution in [3.8, 4) is 0 Å². The maximum absolute atomic E-state index is 13.3. The minimum Gasteiger partial charge on any atom is -0.465 e. The summed E-state index contributed by atoms with van der Waals surface area (Å²) in [6.07, 6.45) is 4.67. The molecule has 2 aromatic carbocycles. The Balaban J connectivity index is 1.49. The molecule has 2 aromatic rings. The van der Waals surface area contributed by atoms with Crippen molar-refractivity contribution in [2.75, 3.05) is 23.8 Å². The number of anilines is 2. The van der Waals surface area contributed by atoms with Gasteiger partial charge in [-0.1, -0.05) is 23.8 Å². The number of fused-ring (bicyclic) bond motifs is 5. The molecular weight excluding hydrogens is 524 g/mol. The highest BCUT2D eigenvalue weighted by Gasteiger charge is 2.59. The summed E-state index contributed by atoms with van der Waals surface area (Å²) in [5.41, 5.74) is -0.289. The summed E-state index contributed by atoms with van der Waals surface area (Å²) in [4.78, 5) is 51.2. The highest BCUT2D eigenvalue weighted by molar-refractivity contribution is 7.92. The molecular formula is C25H21ClN2O8S. The van der Waals surface area contributed by atoms with Gasteiger partial charge in [0.05, 0.1) is 58.5 Å². The van der Waals surface area contributed by atoms with Crippen molar-refractivity contribution in [3.05, 3.63) is 64.7 Å². The second kappa shape index (κ2) is 9.00. The van der Waals surface area contributed by atoms with E-state index in [1.54, 1.807) is 0 Å². The number of allylic oxidation sites excluding steroid dienone is 2. The molecule has 3 aliphatic rings. The number of nitrogens with zero attached hydrogens (tertiary/aromatic N) is 1. The Kier molecular flexibility index (Phi) is 6.07. The number of sulfonamides is 1. The van der Waals surface area contributed by atoms with Gasteiger partial charge in [0.25, 0.3) is 10.0 Å². The number of hydrogen-bond acceptors (Lipinski definition) is 8. The molecule has 12 heteroatoms. The van der Waals surface area contributed by atoms with Gasteiger partial charge in [0.1, 0.15) is 0 Å². The van der Waals surface area contributed by atoms with Crippen LogP contribution in [0.3, 0.4) is 0 Å². The first-order valence-corrected chi connectivity index (χ1v) is 13.1. The van der Waals surface area contributed by atoms with Crippen LogP contribution >= 0.6 is 11.6 Å². The van der Waals surface area contributed by atoms with Gasteiger partial charge in [-0.3, -0.25) is 14.3 Å². The van der Waals surface area contributed by atoms with E-state index in [4.69, 9.17) is 11.6 Å². The molecule has 1 saturated carbocycles. The van der Waals surface area contributed by atoms with E-state index in [1.165, 1.54) is 30.3 Å². The average Bonchev–Trinajstić information content (AvgIpc) is 3.56. The summed E-state index contributed by atoms with van der Waals surface area (Å²) in [6.45, 7) is 0. The highest BCUT2D eigenvalue weighted by Crippen LogP contribution is 2.53. The maximum atomic E-state index is 13.3. The molecule has 5 rings (SSSR count). The third kappa shape index (κ3) is 4.08. The molecule has 1 N–H and O–H groups in total. The second-order valence-electron chi connectivity index (χ2n) is 9.01. The van der Waals surface area contributed by atoms with Crippen LogP contribution in [-0.2, 0) is 29.1 Å². The van der Waals surface area contributed by atoms with Crippen LogP contribution in [0.2, 0.25) is 5.02 Å². The molecule has 1 heterocycles. The first kappa shape index (κ1) is 25.0. The van der Waals surface area contributed by atoms with Crippen molar-refractivity contribution >= 4 is 56.8 Å². The van der Waals surface area contributed by atoms with Crippen LogP contribution < -0.4 is 9.62 Å². The maximum Gasteiger partial charge on any atom is 0.337 e. The molecule has 0 radical (unpaired) electrons. The molecule has 1 saturated heterocycles. The van der Waals surface area contributed by atoms with Crippen LogP contribution in [0.1, 0.15) is 27.1 Å². The monoisotopic (exact) mass is 544 g/mol. The molecule has 1 aliphatic heterocycles. The van der Waals surface area contributed by atoms with E-state index in [9.17, 15) is 27.6 Å². The quantitative estimate of drug-likeness (QED) is 0.333. The fourth-order valence-corrected chi connectivity index (χ4v) is 6.60. The smallest absolute Gasteiger partial charge is 0.337 e. The Morgan fingerprint density at radius 1 is 0.919 bits per heavy atom. The number of imide groups is 1. The van der Waals surface area contributed by atoms with Crippen molar-refractivity contribution in [2.24, 2.45) is 23.7 Å². The number of hydrogen-bond donors (Lipinski definition) is 1. The lowest BCUT2D eigenvalue weighted by atomic mass is 9.85. The van der Waals surface area contributed by atoms with Gasteiger partial charge in [0, 0.05) is 0 Å². The van der Waals surface area contributed by atoms with E-state index < -0.39 is 45.6 Å². The van der Waals surface area contributed by atoms with E-state index in [-0.39, 0.29) is 44.3 Å². The van der Waals surface area contributed by atoms with Crippen LogP contribution in [0.5, 0.6) is 0 Å². The topological polar surface area (TPSA) is 136 Å². The Morgan fingerprint density at radius 2 is 1.46 bits per heavy atom. The normalized spacial score (nSPS) is 23.8. The molecule has 37 heavy (non-hydrogen) atoms. The van der Waals surface area contributed by atoms with Gasteiger partial charge in [0.2, 0.25) is 11.8 Å². The summed E-state index contributed by atoms with van der Waals surface area (Å²) < 4.78 is 38.2. The zero-order chi connectivity index (χ0) is 26.6. The summed E-state index contributed by atoms with van der Waals surface area (Å²) in [5, 5.41) is 0.0431. The van der Waals surface area contributed by atoms with Crippen LogP contribution in [0, 0.1) is 23.7 Å². The van der Waals surface area contributed by atoms with E-state index in [1.807, 2.05) is 12.2 Å². The van der Waals surface area contributed by atoms with Crippen molar-refractivity contribution in [1.29, 1.82) is 0 Å². The van der Waals surface area contributed by atoms with E-state index >= 15 is 0 Å². The van der Waals surface area contributed by atoms with E-state index in [0.29, 0.717) is 0 Å².